The van der Waals surface area contributed by atoms with Crippen molar-refractivity contribution in [1.29, 1.82) is 0 Å². The summed E-state index contributed by atoms with van der Waals surface area (Å²) in [6, 6.07) is 0. The van der Waals surface area contributed by atoms with Gasteiger partial charge in [0, 0.05) is 11.5 Å². The minimum absolute atomic E-state index is 0.0512. The summed E-state index contributed by atoms with van der Waals surface area (Å²) in [7, 11) is 0. The molecule has 0 aromatic heterocycles. The molecule has 0 amide bonds. The predicted octanol–water partition coefficient (Wildman–Crippen LogP) is 1.60. The number of aliphatic hydroxyl groups is 1. The lowest BCUT2D eigenvalue weighted by molar-refractivity contribution is -0.138. The zero-order valence-corrected chi connectivity index (χ0v) is 8.85. The van der Waals surface area contributed by atoms with Crippen LogP contribution < -0.4 is 0 Å². The highest BCUT2D eigenvalue weighted by molar-refractivity contribution is 5.82. The van der Waals surface area contributed by atoms with Gasteiger partial charge in [-0.3, -0.25) is 0 Å². The molecule has 0 saturated heterocycles. The number of esters is 1. The second kappa shape index (κ2) is 5.51. The van der Waals surface area contributed by atoms with Crippen LogP contribution in [-0.2, 0) is 9.53 Å². The van der Waals surface area contributed by atoms with Crippen LogP contribution >= 0.6 is 0 Å². The maximum atomic E-state index is 11.1. The van der Waals surface area contributed by atoms with Gasteiger partial charge in [0.25, 0.3) is 0 Å². The van der Waals surface area contributed by atoms with Gasteiger partial charge in [-0.25, -0.2) is 4.79 Å². The number of aliphatic hydroxyl groups excluding tert-OH is 1. The predicted molar refractivity (Wildman–Crippen MR) is 58.2 cm³/mol. The first-order valence-corrected chi connectivity index (χ1v) is 4.97. The van der Waals surface area contributed by atoms with Crippen molar-refractivity contribution in [2.45, 2.75) is 13.3 Å². The average Bonchev–Trinajstić information content (AvgIpc) is 2.25. The number of ether oxygens (including phenoxy) is 1. The van der Waals surface area contributed by atoms with Gasteiger partial charge in [0.2, 0.25) is 0 Å². The third kappa shape index (κ3) is 4.13. The summed E-state index contributed by atoms with van der Waals surface area (Å²) in [5.41, 5.74) is -0.104. The Labute approximate surface area is 89.7 Å². The minimum atomic E-state index is -0.409. The van der Waals surface area contributed by atoms with Gasteiger partial charge >= 0.3 is 5.97 Å². The molecule has 1 unspecified atom stereocenters. The van der Waals surface area contributed by atoms with Crippen molar-refractivity contribution >= 4 is 5.97 Å². The lowest BCUT2D eigenvalue weighted by Crippen LogP contribution is -2.12. The number of carbonyl (C=O) groups excluding carboxylic acids is 1. The largest absolute Gasteiger partial charge is 0.460 e. The molecule has 1 aliphatic carbocycles. The second-order valence-electron chi connectivity index (χ2n) is 3.72. The van der Waals surface area contributed by atoms with E-state index in [4.69, 9.17) is 9.84 Å². The third-order valence-electron chi connectivity index (χ3n) is 2.22. The molecule has 82 valence electrons. The fraction of sp³-hybridized carbons (Fsp3) is 0.417. The first kappa shape index (κ1) is 11.7. The van der Waals surface area contributed by atoms with Crippen molar-refractivity contribution in [3.63, 3.8) is 0 Å². The first-order valence-electron chi connectivity index (χ1n) is 4.97. The Hall–Kier alpha value is -1.35. The molecular weight excluding hydrogens is 192 g/mol. The van der Waals surface area contributed by atoms with Crippen LogP contribution in [0.25, 0.3) is 0 Å². The molecule has 0 spiro atoms. The van der Waals surface area contributed by atoms with Crippen molar-refractivity contribution in [2.75, 3.05) is 13.2 Å². The van der Waals surface area contributed by atoms with Gasteiger partial charge in [0.15, 0.2) is 0 Å². The van der Waals surface area contributed by atoms with E-state index in [2.05, 4.69) is 6.08 Å². The molecule has 0 aliphatic heterocycles. The summed E-state index contributed by atoms with van der Waals surface area (Å²) >= 11 is 0. The average molecular weight is 208 g/mol. The Morgan fingerprint density at radius 1 is 1.60 bits per heavy atom. The van der Waals surface area contributed by atoms with E-state index in [0.717, 1.165) is 6.42 Å². The maximum Gasteiger partial charge on any atom is 0.330 e. The van der Waals surface area contributed by atoms with Crippen LogP contribution in [0.3, 0.4) is 0 Å². The Bertz CT molecular complexity index is 302. The summed E-state index contributed by atoms with van der Waals surface area (Å²) in [5.74, 6) is -0.409. The molecule has 1 rings (SSSR count). The van der Waals surface area contributed by atoms with E-state index < -0.39 is 5.97 Å². The van der Waals surface area contributed by atoms with Gasteiger partial charge < -0.3 is 9.84 Å². The van der Waals surface area contributed by atoms with Gasteiger partial charge in [0.1, 0.15) is 6.61 Å². The highest BCUT2D eigenvalue weighted by atomic mass is 16.5. The summed E-state index contributed by atoms with van der Waals surface area (Å²) in [4.78, 5) is 11.1. The van der Waals surface area contributed by atoms with Crippen molar-refractivity contribution < 1.29 is 14.6 Å². The van der Waals surface area contributed by atoms with E-state index in [9.17, 15) is 4.79 Å². The molecule has 0 fully saturated rings. The summed E-state index contributed by atoms with van der Waals surface area (Å²) in [5, 5.41) is 8.46. The number of hydrogen-bond acceptors (Lipinski definition) is 3. The second-order valence-corrected chi connectivity index (χ2v) is 3.72. The zero-order chi connectivity index (χ0) is 11.1. The molecule has 0 radical (unpaired) electrons. The molecule has 0 aromatic rings. The SMILES string of the molecule is CC1(C=CC(=O)OCCO)C=CC=CC1. The molecule has 0 bridgehead atoms. The maximum absolute atomic E-state index is 11.1. The van der Waals surface area contributed by atoms with Crippen molar-refractivity contribution in [1.82, 2.24) is 0 Å². The van der Waals surface area contributed by atoms with Crippen LogP contribution in [-0.4, -0.2) is 24.3 Å². The summed E-state index contributed by atoms with van der Waals surface area (Å²) in [6.07, 6.45) is 12.2. The topological polar surface area (TPSA) is 46.5 Å². The van der Waals surface area contributed by atoms with Crippen LogP contribution in [0.4, 0.5) is 0 Å². The molecule has 1 atom stereocenters. The molecule has 15 heavy (non-hydrogen) atoms. The summed E-state index contributed by atoms with van der Waals surface area (Å²) in [6.45, 7) is 1.96. The molecule has 1 N–H and O–H groups in total. The molecular formula is C12H16O3. The smallest absolute Gasteiger partial charge is 0.330 e. The van der Waals surface area contributed by atoms with Crippen molar-refractivity contribution in [2.24, 2.45) is 5.41 Å². The third-order valence-corrected chi connectivity index (χ3v) is 2.22. The molecule has 0 heterocycles. The Kier molecular flexibility index (Phi) is 4.31. The van der Waals surface area contributed by atoms with Gasteiger partial charge in [-0.1, -0.05) is 37.3 Å². The van der Waals surface area contributed by atoms with Gasteiger partial charge in [-0.2, -0.15) is 0 Å². The number of allylic oxidation sites excluding steroid dienone is 5. The molecule has 3 nitrogen and oxygen atoms in total. The molecule has 0 aromatic carbocycles. The normalized spacial score (nSPS) is 24.7. The van der Waals surface area contributed by atoms with Crippen molar-refractivity contribution in [3.8, 4) is 0 Å². The minimum Gasteiger partial charge on any atom is -0.460 e. The van der Waals surface area contributed by atoms with E-state index >= 15 is 0 Å². The Morgan fingerprint density at radius 2 is 2.40 bits per heavy atom. The van der Waals surface area contributed by atoms with E-state index in [1.165, 1.54) is 6.08 Å². The first-order chi connectivity index (χ1) is 7.16. The lowest BCUT2D eigenvalue weighted by atomic mass is 9.83. The van der Waals surface area contributed by atoms with E-state index in [-0.39, 0.29) is 18.6 Å². The van der Waals surface area contributed by atoms with E-state index in [0.29, 0.717) is 0 Å². The van der Waals surface area contributed by atoms with E-state index in [1.807, 2.05) is 31.2 Å². The van der Waals surface area contributed by atoms with Crippen LogP contribution in [0.2, 0.25) is 0 Å². The highest BCUT2D eigenvalue weighted by Gasteiger charge is 2.17. The fourth-order valence-corrected chi connectivity index (χ4v) is 1.32. The van der Waals surface area contributed by atoms with E-state index in [1.54, 1.807) is 0 Å². The quantitative estimate of drug-likeness (QED) is 0.564. The number of hydrogen-bond donors (Lipinski definition) is 1. The Balaban J connectivity index is 2.46. The van der Waals surface area contributed by atoms with Crippen LogP contribution in [0, 0.1) is 5.41 Å². The fourth-order valence-electron chi connectivity index (χ4n) is 1.32. The van der Waals surface area contributed by atoms with Gasteiger partial charge in [-0.05, 0) is 6.42 Å². The van der Waals surface area contributed by atoms with Crippen LogP contribution in [0.5, 0.6) is 0 Å². The highest BCUT2D eigenvalue weighted by Crippen LogP contribution is 2.28. The van der Waals surface area contributed by atoms with Crippen molar-refractivity contribution in [3.05, 3.63) is 36.5 Å². The zero-order valence-electron chi connectivity index (χ0n) is 8.85. The van der Waals surface area contributed by atoms with Gasteiger partial charge in [-0.15, -0.1) is 0 Å². The number of rotatable bonds is 4. The molecule has 0 saturated carbocycles. The Morgan fingerprint density at radius 3 is 3.00 bits per heavy atom. The van der Waals surface area contributed by atoms with Crippen LogP contribution in [0.1, 0.15) is 13.3 Å². The summed E-state index contributed by atoms with van der Waals surface area (Å²) < 4.78 is 4.71. The molecule has 3 heteroatoms. The lowest BCUT2D eigenvalue weighted by Gasteiger charge is -2.21. The molecule has 1 aliphatic rings. The van der Waals surface area contributed by atoms with Gasteiger partial charge in [0.05, 0.1) is 6.61 Å². The standard InChI is InChI=1S/C12H16O3/c1-12(6-3-2-4-7-12)8-5-11(14)15-10-9-13/h2-6,8,13H,7,9-10H2,1H3. The number of carbonyl (C=O) groups is 1. The van der Waals surface area contributed by atoms with Crippen LogP contribution in [0.15, 0.2) is 36.5 Å². The monoisotopic (exact) mass is 208 g/mol.